The van der Waals surface area contributed by atoms with Crippen LogP contribution in [0.25, 0.3) is 10.2 Å². The van der Waals surface area contributed by atoms with Crippen molar-refractivity contribution < 1.29 is 19.1 Å². The van der Waals surface area contributed by atoms with Crippen molar-refractivity contribution in [2.75, 3.05) is 19.1 Å². The summed E-state index contributed by atoms with van der Waals surface area (Å²) in [5, 5.41) is 0.554. The van der Waals surface area contributed by atoms with E-state index in [0.29, 0.717) is 28.6 Å². The largest absolute Gasteiger partial charge is 0.494 e. The number of rotatable bonds is 6. The Morgan fingerprint density at radius 1 is 1.03 bits per heavy atom. The van der Waals surface area contributed by atoms with E-state index in [1.807, 2.05) is 31.2 Å². The van der Waals surface area contributed by atoms with Gasteiger partial charge in [-0.3, -0.25) is 14.7 Å². The Hall–Kier alpha value is -3.78. The second-order valence-corrected chi connectivity index (χ2v) is 8.06. The Balaban J connectivity index is 1.77. The minimum atomic E-state index is -0.454. The number of hydrogen-bond donors (Lipinski definition) is 0. The monoisotopic (exact) mass is 447 g/mol. The van der Waals surface area contributed by atoms with Crippen molar-refractivity contribution >= 4 is 38.6 Å². The zero-order valence-corrected chi connectivity index (χ0v) is 18.7. The second kappa shape index (κ2) is 9.15. The summed E-state index contributed by atoms with van der Waals surface area (Å²) in [6.07, 6.45) is 3.41. The van der Waals surface area contributed by atoms with Crippen molar-refractivity contribution in [1.82, 2.24) is 9.97 Å². The third-order valence-electron chi connectivity index (χ3n) is 5.00. The van der Waals surface area contributed by atoms with Gasteiger partial charge in [-0.05, 0) is 54.4 Å². The number of carbonyl (C=O) groups is 2. The Labute approximate surface area is 189 Å². The van der Waals surface area contributed by atoms with E-state index in [1.165, 1.54) is 18.4 Å². The van der Waals surface area contributed by atoms with Crippen molar-refractivity contribution in [1.29, 1.82) is 0 Å². The fraction of sp³-hybridized carbons (Fsp3) is 0.167. The van der Waals surface area contributed by atoms with Gasteiger partial charge in [-0.25, -0.2) is 9.78 Å². The highest BCUT2D eigenvalue weighted by molar-refractivity contribution is 7.22. The number of hydrogen-bond acceptors (Lipinski definition) is 7. The van der Waals surface area contributed by atoms with Gasteiger partial charge < -0.3 is 9.47 Å². The number of anilines is 1. The molecule has 7 nitrogen and oxygen atoms in total. The van der Waals surface area contributed by atoms with Crippen LogP contribution in [0.3, 0.4) is 0 Å². The summed E-state index contributed by atoms with van der Waals surface area (Å²) >= 11 is 1.43. The van der Waals surface area contributed by atoms with Crippen LogP contribution in [-0.4, -0.2) is 36.1 Å². The molecule has 0 atom stereocenters. The maximum absolute atomic E-state index is 13.5. The summed E-state index contributed by atoms with van der Waals surface area (Å²) < 4.78 is 11.2. The third kappa shape index (κ3) is 4.17. The molecule has 1 amide bonds. The molecular weight excluding hydrogens is 426 g/mol. The average molecular weight is 448 g/mol. The molecule has 0 radical (unpaired) electrons. The van der Waals surface area contributed by atoms with E-state index in [-0.39, 0.29) is 5.91 Å². The number of ether oxygens (including phenoxy) is 2. The number of esters is 1. The highest BCUT2D eigenvalue weighted by Crippen LogP contribution is 2.37. The predicted molar refractivity (Wildman–Crippen MR) is 123 cm³/mol. The standard InChI is InChI=1S/C24H21N3O4S/c1-15-6-11-19(30-2)20-21(15)32-24(26-20)27(14-16-5-4-12-25-13-16)22(28)17-7-9-18(10-8-17)23(29)31-3/h4-13H,14H2,1-3H3. The average Bonchev–Trinajstić information content (AvgIpc) is 3.29. The van der Waals surface area contributed by atoms with Gasteiger partial charge in [0.15, 0.2) is 5.13 Å². The van der Waals surface area contributed by atoms with E-state index < -0.39 is 5.97 Å². The number of aryl methyl sites for hydroxylation is 1. The van der Waals surface area contributed by atoms with Gasteiger partial charge in [-0.1, -0.05) is 23.5 Å². The highest BCUT2D eigenvalue weighted by atomic mass is 32.1. The van der Waals surface area contributed by atoms with E-state index in [0.717, 1.165) is 21.3 Å². The Morgan fingerprint density at radius 2 is 1.78 bits per heavy atom. The van der Waals surface area contributed by atoms with Crippen LogP contribution in [0.4, 0.5) is 5.13 Å². The van der Waals surface area contributed by atoms with E-state index in [2.05, 4.69) is 4.98 Å². The summed E-state index contributed by atoms with van der Waals surface area (Å²) in [6, 6.07) is 14.0. The maximum Gasteiger partial charge on any atom is 0.337 e. The van der Waals surface area contributed by atoms with Gasteiger partial charge in [-0.2, -0.15) is 0 Å². The van der Waals surface area contributed by atoms with E-state index >= 15 is 0 Å². The molecule has 0 saturated carbocycles. The summed E-state index contributed by atoms with van der Waals surface area (Å²) in [4.78, 5) is 35.8. The summed E-state index contributed by atoms with van der Waals surface area (Å²) in [7, 11) is 2.92. The molecule has 0 unspecified atom stereocenters. The van der Waals surface area contributed by atoms with Gasteiger partial charge in [0.25, 0.3) is 5.91 Å². The van der Waals surface area contributed by atoms with Crippen LogP contribution in [0.5, 0.6) is 5.75 Å². The summed E-state index contributed by atoms with van der Waals surface area (Å²) in [6.45, 7) is 2.30. The molecule has 4 aromatic rings. The first-order chi connectivity index (χ1) is 15.5. The number of methoxy groups -OCH3 is 2. The zero-order valence-electron chi connectivity index (χ0n) is 17.9. The molecule has 2 heterocycles. The number of nitrogens with zero attached hydrogens (tertiary/aromatic N) is 3. The molecule has 4 rings (SSSR count). The number of pyridine rings is 1. The van der Waals surface area contributed by atoms with Gasteiger partial charge in [0.05, 0.1) is 31.0 Å². The zero-order chi connectivity index (χ0) is 22.7. The lowest BCUT2D eigenvalue weighted by molar-refractivity contribution is 0.0600. The van der Waals surface area contributed by atoms with Crippen molar-refractivity contribution in [3.05, 3.63) is 83.2 Å². The molecule has 2 aromatic heterocycles. The Kier molecular flexibility index (Phi) is 6.13. The van der Waals surface area contributed by atoms with E-state index in [4.69, 9.17) is 14.5 Å². The number of amides is 1. The summed E-state index contributed by atoms with van der Waals surface area (Å²) in [5.74, 6) is -0.0322. The fourth-order valence-electron chi connectivity index (χ4n) is 3.30. The number of thiazole rings is 1. The molecule has 0 saturated heterocycles. The van der Waals surface area contributed by atoms with Crippen LogP contribution in [0, 0.1) is 6.92 Å². The fourth-order valence-corrected chi connectivity index (χ4v) is 4.35. The smallest absolute Gasteiger partial charge is 0.337 e. The summed E-state index contributed by atoms with van der Waals surface area (Å²) in [5.41, 5.74) is 3.46. The lowest BCUT2D eigenvalue weighted by Gasteiger charge is -2.20. The first-order valence-electron chi connectivity index (χ1n) is 9.85. The van der Waals surface area contributed by atoms with Crippen LogP contribution in [0.1, 0.15) is 31.8 Å². The van der Waals surface area contributed by atoms with Crippen molar-refractivity contribution in [3.63, 3.8) is 0 Å². The maximum atomic E-state index is 13.5. The quantitative estimate of drug-likeness (QED) is 0.401. The van der Waals surface area contributed by atoms with Gasteiger partial charge in [0.1, 0.15) is 11.3 Å². The first-order valence-corrected chi connectivity index (χ1v) is 10.7. The van der Waals surface area contributed by atoms with Crippen molar-refractivity contribution in [2.24, 2.45) is 0 Å². The molecule has 0 bridgehead atoms. The minimum Gasteiger partial charge on any atom is -0.494 e. The lowest BCUT2D eigenvalue weighted by Crippen LogP contribution is -2.30. The lowest BCUT2D eigenvalue weighted by atomic mass is 10.1. The Bertz CT molecular complexity index is 1270. The van der Waals surface area contributed by atoms with E-state index in [9.17, 15) is 9.59 Å². The molecule has 0 spiro atoms. The van der Waals surface area contributed by atoms with Crippen LogP contribution in [-0.2, 0) is 11.3 Å². The van der Waals surface area contributed by atoms with Gasteiger partial charge >= 0.3 is 5.97 Å². The molecule has 0 aliphatic heterocycles. The third-order valence-corrected chi connectivity index (χ3v) is 6.22. The van der Waals surface area contributed by atoms with E-state index in [1.54, 1.807) is 48.7 Å². The van der Waals surface area contributed by atoms with Crippen LogP contribution in [0.2, 0.25) is 0 Å². The molecule has 162 valence electrons. The normalized spacial score (nSPS) is 10.7. The second-order valence-electron chi connectivity index (χ2n) is 7.08. The molecular formula is C24H21N3O4S. The molecule has 0 N–H and O–H groups in total. The Morgan fingerprint density at radius 3 is 2.44 bits per heavy atom. The molecule has 0 fully saturated rings. The molecule has 8 heteroatoms. The van der Waals surface area contributed by atoms with Crippen LogP contribution in [0.15, 0.2) is 60.9 Å². The first kappa shape index (κ1) is 21.5. The van der Waals surface area contributed by atoms with Crippen molar-refractivity contribution in [2.45, 2.75) is 13.5 Å². The molecule has 0 aliphatic carbocycles. The topological polar surface area (TPSA) is 81.6 Å². The molecule has 0 aliphatic rings. The highest BCUT2D eigenvalue weighted by Gasteiger charge is 2.23. The van der Waals surface area contributed by atoms with Crippen LogP contribution >= 0.6 is 11.3 Å². The number of benzene rings is 2. The van der Waals surface area contributed by atoms with Crippen molar-refractivity contribution in [3.8, 4) is 5.75 Å². The molecule has 2 aromatic carbocycles. The van der Waals surface area contributed by atoms with Gasteiger partial charge in [-0.15, -0.1) is 0 Å². The minimum absolute atomic E-state index is 0.235. The number of fused-ring (bicyclic) bond motifs is 1. The van der Waals surface area contributed by atoms with Gasteiger partial charge in [0, 0.05) is 18.0 Å². The van der Waals surface area contributed by atoms with Crippen LogP contribution < -0.4 is 9.64 Å². The number of carbonyl (C=O) groups excluding carboxylic acids is 2. The predicted octanol–water partition coefficient (Wildman–Crippen LogP) is 4.64. The molecule has 32 heavy (non-hydrogen) atoms. The SMILES string of the molecule is COC(=O)c1ccc(C(=O)N(Cc2cccnc2)c2nc3c(OC)ccc(C)c3s2)cc1. The number of aromatic nitrogens is 2. The van der Waals surface area contributed by atoms with Gasteiger partial charge in [0.2, 0.25) is 0 Å².